The molecule has 0 bridgehead atoms. The van der Waals surface area contributed by atoms with Crippen LogP contribution >= 0.6 is 0 Å². The molecule has 0 amide bonds. The number of hydrogen-bond acceptors (Lipinski definition) is 4. The van der Waals surface area contributed by atoms with Crippen molar-refractivity contribution in [2.24, 2.45) is 7.05 Å². The molecule has 0 saturated heterocycles. The topological polar surface area (TPSA) is 93.8 Å². The molecule has 0 unspecified atom stereocenters. The summed E-state index contributed by atoms with van der Waals surface area (Å²) in [5.74, 6) is -0.862. The van der Waals surface area contributed by atoms with Crippen LogP contribution in [0, 0.1) is 24.1 Å². The summed E-state index contributed by atoms with van der Waals surface area (Å²) >= 11 is 0. The van der Waals surface area contributed by atoms with Crippen molar-refractivity contribution in [2.75, 3.05) is 5.73 Å². The smallest absolute Gasteiger partial charge is 0.335 e. The van der Waals surface area contributed by atoms with Gasteiger partial charge in [-0.3, -0.25) is 4.79 Å². The lowest BCUT2D eigenvalue weighted by atomic mass is 10.1. The van der Waals surface area contributed by atoms with Crippen LogP contribution in [-0.2, 0) is 7.05 Å². The maximum Gasteiger partial charge on any atom is 0.335 e. The minimum Gasteiger partial charge on any atom is -0.398 e. The minimum absolute atomic E-state index is 0.00146. The Bertz CT molecular complexity index is 858. The van der Waals surface area contributed by atoms with Crippen LogP contribution in [-0.4, -0.2) is 9.13 Å². The van der Waals surface area contributed by atoms with Gasteiger partial charge in [-0.15, -0.1) is 0 Å². The van der Waals surface area contributed by atoms with Gasteiger partial charge in [-0.2, -0.15) is 5.26 Å². The van der Waals surface area contributed by atoms with Gasteiger partial charge in [-0.25, -0.2) is 13.8 Å². The Morgan fingerprint density at radius 1 is 1.30 bits per heavy atom. The summed E-state index contributed by atoms with van der Waals surface area (Å²) < 4.78 is 15.9. The van der Waals surface area contributed by atoms with Crippen LogP contribution in [0.1, 0.15) is 11.3 Å². The van der Waals surface area contributed by atoms with Crippen molar-refractivity contribution in [2.45, 2.75) is 6.92 Å². The number of aromatic nitrogens is 2. The summed E-state index contributed by atoms with van der Waals surface area (Å²) in [7, 11) is 1.47. The number of anilines is 1. The molecule has 7 heteroatoms. The molecule has 0 aliphatic carbocycles. The molecule has 0 saturated carbocycles. The first-order valence-corrected chi connectivity index (χ1v) is 5.66. The van der Waals surface area contributed by atoms with Crippen molar-refractivity contribution in [3.05, 3.63) is 56.1 Å². The van der Waals surface area contributed by atoms with E-state index < -0.39 is 17.1 Å². The van der Waals surface area contributed by atoms with Gasteiger partial charge in [0.15, 0.2) is 0 Å². The molecule has 1 heterocycles. The number of nitrogens with two attached hydrogens (primary N) is 1. The Hall–Kier alpha value is -2.88. The third-order valence-electron chi connectivity index (χ3n) is 3.04. The predicted octanol–water partition coefficient (Wildman–Crippen LogP) is 0.438. The molecule has 2 rings (SSSR count). The van der Waals surface area contributed by atoms with E-state index in [9.17, 15) is 14.0 Å². The Labute approximate surface area is 113 Å². The number of nitrogens with zero attached hydrogens (tertiary/aromatic N) is 3. The number of aryl methyl sites for hydroxylation is 1. The van der Waals surface area contributed by atoms with E-state index >= 15 is 0 Å². The average molecular weight is 274 g/mol. The molecular formula is C13H11FN4O2. The lowest BCUT2D eigenvalue weighted by Crippen LogP contribution is -2.38. The summed E-state index contributed by atoms with van der Waals surface area (Å²) in [5, 5.41) is 8.76. The van der Waals surface area contributed by atoms with Gasteiger partial charge in [-0.05, 0) is 19.1 Å². The summed E-state index contributed by atoms with van der Waals surface area (Å²) in [6.45, 7) is 1.59. The summed E-state index contributed by atoms with van der Waals surface area (Å²) in [5.41, 5.74) is 4.38. The van der Waals surface area contributed by atoms with Crippen LogP contribution in [0.4, 0.5) is 10.1 Å². The van der Waals surface area contributed by atoms with Gasteiger partial charge in [0.2, 0.25) is 0 Å². The van der Waals surface area contributed by atoms with Crippen LogP contribution in [0.15, 0.2) is 27.8 Å². The van der Waals surface area contributed by atoms with E-state index in [4.69, 9.17) is 11.0 Å². The molecular weight excluding hydrogens is 263 g/mol. The van der Waals surface area contributed by atoms with Gasteiger partial charge in [0.05, 0.1) is 16.9 Å². The molecule has 0 atom stereocenters. The SMILES string of the molecule is Cc1cc(=O)n(-c2cc(N)c(C#N)cc2F)c(=O)n1C. The summed E-state index contributed by atoms with van der Waals surface area (Å²) in [6, 6.07) is 4.95. The van der Waals surface area contributed by atoms with E-state index in [1.807, 2.05) is 0 Å². The van der Waals surface area contributed by atoms with Crippen molar-refractivity contribution in [1.29, 1.82) is 5.26 Å². The molecule has 0 aliphatic heterocycles. The Morgan fingerprint density at radius 2 is 1.95 bits per heavy atom. The van der Waals surface area contributed by atoms with E-state index in [0.717, 1.165) is 12.1 Å². The molecule has 2 aromatic rings. The van der Waals surface area contributed by atoms with E-state index in [1.54, 1.807) is 13.0 Å². The van der Waals surface area contributed by atoms with Crippen molar-refractivity contribution in [1.82, 2.24) is 9.13 Å². The molecule has 0 aliphatic rings. The Morgan fingerprint density at radius 3 is 2.55 bits per heavy atom. The fourth-order valence-corrected chi connectivity index (χ4v) is 1.80. The van der Waals surface area contributed by atoms with Crippen LogP contribution in [0.3, 0.4) is 0 Å². The first-order valence-electron chi connectivity index (χ1n) is 5.66. The molecule has 102 valence electrons. The van der Waals surface area contributed by atoms with E-state index in [0.29, 0.717) is 10.3 Å². The molecule has 1 aromatic carbocycles. The number of benzene rings is 1. The second kappa shape index (κ2) is 4.66. The maximum absolute atomic E-state index is 14.0. The monoisotopic (exact) mass is 274 g/mol. The zero-order chi connectivity index (χ0) is 15.0. The van der Waals surface area contributed by atoms with Gasteiger partial charge in [0.1, 0.15) is 11.9 Å². The molecule has 0 spiro atoms. The van der Waals surface area contributed by atoms with Crippen molar-refractivity contribution >= 4 is 5.69 Å². The normalized spacial score (nSPS) is 10.3. The third-order valence-corrected chi connectivity index (χ3v) is 3.04. The quantitative estimate of drug-likeness (QED) is 0.763. The highest BCUT2D eigenvalue weighted by molar-refractivity contribution is 5.59. The first-order chi connectivity index (χ1) is 9.36. The average Bonchev–Trinajstić information content (AvgIpc) is 2.39. The van der Waals surface area contributed by atoms with E-state index in [1.165, 1.54) is 17.7 Å². The van der Waals surface area contributed by atoms with Crippen LogP contribution in [0.5, 0.6) is 0 Å². The molecule has 0 fully saturated rings. The summed E-state index contributed by atoms with van der Waals surface area (Å²) in [4.78, 5) is 24.0. The van der Waals surface area contributed by atoms with Crippen molar-refractivity contribution in [3.8, 4) is 11.8 Å². The van der Waals surface area contributed by atoms with E-state index in [-0.39, 0.29) is 16.9 Å². The molecule has 1 aromatic heterocycles. The minimum atomic E-state index is -0.862. The fraction of sp³-hybridized carbons (Fsp3) is 0.154. The Kier molecular flexibility index (Phi) is 3.16. The number of halogens is 1. The molecule has 20 heavy (non-hydrogen) atoms. The van der Waals surface area contributed by atoms with Gasteiger partial charge < -0.3 is 10.3 Å². The van der Waals surface area contributed by atoms with Gasteiger partial charge in [0, 0.05) is 18.8 Å². The highest BCUT2D eigenvalue weighted by atomic mass is 19.1. The number of nitriles is 1. The number of rotatable bonds is 1. The molecule has 6 nitrogen and oxygen atoms in total. The second-order valence-corrected chi connectivity index (χ2v) is 4.30. The summed E-state index contributed by atoms with van der Waals surface area (Å²) in [6.07, 6.45) is 0. The number of hydrogen-bond donors (Lipinski definition) is 1. The van der Waals surface area contributed by atoms with Crippen LogP contribution in [0.2, 0.25) is 0 Å². The zero-order valence-corrected chi connectivity index (χ0v) is 10.8. The highest BCUT2D eigenvalue weighted by Gasteiger charge is 2.15. The highest BCUT2D eigenvalue weighted by Crippen LogP contribution is 2.19. The van der Waals surface area contributed by atoms with Gasteiger partial charge in [-0.1, -0.05) is 0 Å². The zero-order valence-electron chi connectivity index (χ0n) is 10.8. The van der Waals surface area contributed by atoms with Crippen molar-refractivity contribution < 1.29 is 4.39 Å². The van der Waals surface area contributed by atoms with Gasteiger partial charge >= 0.3 is 5.69 Å². The lowest BCUT2D eigenvalue weighted by Gasteiger charge is -2.11. The number of nitrogen functional groups attached to an aromatic ring is 1. The standard InChI is InChI=1S/C13H11FN4O2/c1-7-3-12(19)18(13(20)17(7)2)11-5-10(16)8(6-15)4-9(11)14/h3-5H,16H2,1-2H3. The Balaban J connectivity index is 2.87. The lowest BCUT2D eigenvalue weighted by molar-refractivity contribution is 0.604. The molecule has 0 radical (unpaired) electrons. The van der Waals surface area contributed by atoms with Crippen molar-refractivity contribution in [3.63, 3.8) is 0 Å². The maximum atomic E-state index is 14.0. The van der Waals surface area contributed by atoms with E-state index in [2.05, 4.69) is 0 Å². The fourth-order valence-electron chi connectivity index (χ4n) is 1.80. The second-order valence-electron chi connectivity index (χ2n) is 4.30. The predicted molar refractivity (Wildman–Crippen MR) is 71.1 cm³/mol. The molecule has 2 N–H and O–H groups in total. The van der Waals surface area contributed by atoms with Gasteiger partial charge in [0.25, 0.3) is 5.56 Å². The van der Waals surface area contributed by atoms with Crippen LogP contribution in [0.25, 0.3) is 5.69 Å². The van der Waals surface area contributed by atoms with Crippen LogP contribution < -0.4 is 17.0 Å². The largest absolute Gasteiger partial charge is 0.398 e. The third kappa shape index (κ3) is 1.97. The first kappa shape index (κ1) is 13.5.